The molecular weight excluding hydrogens is 364 g/mol. The van der Waals surface area contributed by atoms with Crippen LogP contribution in [0, 0.1) is 17.8 Å². The zero-order valence-electron chi connectivity index (χ0n) is 16.9. The molecule has 0 radical (unpaired) electrons. The molecule has 1 aliphatic heterocycles. The summed E-state index contributed by atoms with van der Waals surface area (Å²) in [7, 11) is 0. The molecule has 2 fully saturated rings. The number of carbonyl (C=O) groups is 3. The lowest BCUT2D eigenvalue weighted by molar-refractivity contribution is -0.122. The molecule has 1 heterocycles. The Hall–Kier alpha value is -2.95. The Morgan fingerprint density at radius 1 is 1.00 bits per heavy atom. The summed E-state index contributed by atoms with van der Waals surface area (Å²) >= 11 is 0. The Balaban J connectivity index is 1.51. The summed E-state index contributed by atoms with van der Waals surface area (Å²) in [6.45, 7) is 4.18. The number of hydrogen-bond acceptors (Lipinski definition) is 3. The first-order valence-corrected chi connectivity index (χ1v) is 10.4. The standard InChI is InChI=1S/C24H26N2O3/c1-3-16-6-4-5-7-21(16)25-22(27)17-9-11-18(12-10-17)26-23(28)19-13-8-15(2)14-20(19)24(26)29/h4-7,9-12,15,19-20H,3,8,13-14H2,1-2H3,(H,25,27)/t15-,19+,20+/m1/s1. The zero-order chi connectivity index (χ0) is 20.5. The predicted molar refractivity (Wildman–Crippen MR) is 113 cm³/mol. The number of nitrogens with zero attached hydrogens (tertiary/aromatic N) is 1. The summed E-state index contributed by atoms with van der Waals surface area (Å²) in [5, 5.41) is 2.94. The lowest BCUT2D eigenvalue weighted by atomic mass is 9.76. The number of para-hydroxylation sites is 1. The second-order valence-electron chi connectivity index (χ2n) is 8.15. The number of carbonyl (C=O) groups excluding carboxylic acids is 3. The van der Waals surface area contributed by atoms with Gasteiger partial charge in [0, 0.05) is 11.3 Å². The van der Waals surface area contributed by atoms with Gasteiger partial charge in [-0.25, -0.2) is 0 Å². The Morgan fingerprint density at radius 2 is 1.69 bits per heavy atom. The maximum Gasteiger partial charge on any atom is 0.255 e. The van der Waals surface area contributed by atoms with Crippen molar-refractivity contribution < 1.29 is 14.4 Å². The molecule has 4 rings (SSSR count). The van der Waals surface area contributed by atoms with E-state index in [0.29, 0.717) is 17.2 Å². The molecule has 1 N–H and O–H groups in total. The minimum atomic E-state index is -0.209. The van der Waals surface area contributed by atoms with Gasteiger partial charge < -0.3 is 5.32 Å². The van der Waals surface area contributed by atoms with Gasteiger partial charge in [0.25, 0.3) is 5.91 Å². The van der Waals surface area contributed by atoms with Gasteiger partial charge >= 0.3 is 0 Å². The number of amides is 3. The van der Waals surface area contributed by atoms with E-state index in [2.05, 4.69) is 12.2 Å². The van der Waals surface area contributed by atoms with Crippen molar-refractivity contribution in [2.24, 2.45) is 17.8 Å². The van der Waals surface area contributed by atoms with Crippen LogP contribution < -0.4 is 10.2 Å². The Labute approximate surface area is 171 Å². The molecule has 0 unspecified atom stereocenters. The fraction of sp³-hybridized carbons (Fsp3) is 0.375. The molecule has 2 aliphatic rings. The summed E-state index contributed by atoms with van der Waals surface area (Å²) in [6, 6.07) is 14.4. The van der Waals surface area contributed by atoms with Crippen LogP contribution in [0.25, 0.3) is 0 Å². The molecule has 2 aromatic rings. The van der Waals surface area contributed by atoms with Gasteiger partial charge in [0.15, 0.2) is 0 Å². The first kappa shape index (κ1) is 19.4. The summed E-state index contributed by atoms with van der Waals surface area (Å²) in [5.41, 5.74) is 2.91. The van der Waals surface area contributed by atoms with Gasteiger partial charge in [-0.15, -0.1) is 0 Å². The molecule has 150 valence electrons. The number of fused-ring (bicyclic) bond motifs is 1. The van der Waals surface area contributed by atoms with Crippen LogP contribution in [0.4, 0.5) is 11.4 Å². The molecule has 29 heavy (non-hydrogen) atoms. The predicted octanol–water partition coefficient (Wildman–Crippen LogP) is 4.43. The first-order chi connectivity index (χ1) is 14.0. The number of rotatable bonds is 4. The maximum atomic E-state index is 12.9. The van der Waals surface area contributed by atoms with E-state index in [-0.39, 0.29) is 29.6 Å². The van der Waals surface area contributed by atoms with E-state index in [0.717, 1.165) is 36.9 Å². The van der Waals surface area contributed by atoms with E-state index in [9.17, 15) is 14.4 Å². The third-order valence-electron chi connectivity index (χ3n) is 6.22. The second-order valence-corrected chi connectivity index (χ2v) is 8.15. The van der Waals surface area contributed by atoms with Crippen molar-refractivity contribution in [3.8, 4) is 0 Å². The van der Waals surface area contributed by atoms with Gasteiger partial charge in [-0.2, -0.15) is 0 Å². The average molecular weight is 390 g/mol. The monoisotopic (exact) mass is 390 g/mol. The van der Waals surface area contributed by atoms with Crippen LogP contribution in [0.1, 0.15) is 49.0 Å². The van der Waals surface area contributed by atoms with E-state index in [1.165, 1.54) is 4.90 Å². The topological polar surface area (TPSA) is 66.5 Å². The molecular formula is C24H26N2O3. The molecule has 1 aliphatic carbocycles. The molecule has 0 aromatic heterocycles. The lowest BCUT2D eigenvalue weighted by Gasteiger charge is -2.25. The molecule has 1 saturated heterocycles. The Bertz CT molecular complexity index is 951. The highest BCUT2D eigenvalue weighted by atomic mass is 16.2. The highest BCUT2D eigenvalue weighted by molar-refractivity contribution is 6.22. The van der Waals surface area contributed by atoms with Gasteiger partial charge in [-0.05, 0) is 67.5 Å². The van der Waals surface area contributed by atoms with Crippen LogP contribution in [-0.2, 0) is 16.0 Å². The zero-order valence-corrected chi connectivity index (χ0v) is 16.9. The van der Waals surface area contributed by atoms with Crippen molar-refractivity contribution in [1.29, 1.82) is 0 Å². The number of anilines is 2. The fourth-order valence-corrected chi connectivity index (χ4v) is 4.55. The maximum absolute atomic E-state index is 12.9. The quantitative estimate of drug-likeness (QED) is 0.786. The van der Waals surface area contributed by atoms with Crippen molar-refractivity contribution in [2.45, 2.75) is 39.5 Å². The van der Waals surface area contributed by atoms with Crippen LogP contribution in [-0.4, -0.2) is 17.7 Å². The van der Waals surface area contributed by atoms with E-state index in [4.69, 9.17) is 0 Å². The van der Waals surface area contributed by atoms with Crippen LogP contribution in [0.3, 0.4) is 0 Å². The number of hydrogen-bond donors (Lipinski definition) is 1. The highest BCUT2D eigenvalue weighted by Gasteiger charge is 2.49. The third-order valence-corrected chi connectivity index (χ3v) is 6.22. The van der Waals surface area contributed by atoms with E-state index >= 15 is 0 Å². The molecule has 3 amide bonds. The van der Waals surface area contributed by atoms with Crippen molar-refractivity contribution in [1.82, 2.24) is 0 Å². The molecule has 5 nitrogen and oxygen atoms in total. The van der Waals surface area contributed by atoms with E-state index < -0.39 is 0 Å². The van der Waals surface area contributed by atoms with Crippen LogP contribution in [0.5, 0.6) is 0 Å². The number of benzene rings is 2. The van der Waals surface area contributed by atoms with Crippen molar-refractivity contribution in [3.05, 3.63) is 59.7 Å². The molecule has 0 spiro atoms. The van der Waals surface area contributed by atoms with E-state index in [1.807, 2.05) is 31.2 Å². The summed E-state index contributed by atoms with van der Waals surface area (Å²) in [6.07, 6.45) is 3.38. The molecule has 0 bridgehead atoms. The van der Waals surface area contributed by atoms with Crippen molar-refractivity contribution >= 4 is 29.1 Å². The fourth-order valence-electron chi connectivity index (χ4n) is 4.55. The summed E-state index contributed by atoms with van der Waals surface area (Å²) < 4.78 is 0. The van der Waals surface area contributed by atoms with Crippen LogP contribution in [0.2, 0.25) is 0 Å². The number of nitrogens with one attached hydrogen (secondary N) is 1. The Kier molecular flexibility index (Phi) is 5.22. The van der Waals surface area contributed by atoms with Gasteiger partial charge in [0.1, 0.15) is 0 Å². The summed E-state index contributed by atoms with van der Waals surface area (Å²) in [4.78, 5) is 39.6. The largest absolute Gasteiger partial charge is 0.322 e. The lowest BCUT2D eigenvalue weighted by Crippen LogP contribution is -2.30. The Morgan fingerprint density at radius 3 is 2.41 bits per heavy atom. The normalized spacial score (nSPS) is 23.8. The third kappa shape index (κ3) is 3.57. The van der Waals surface area contributed by atoms with Gasteiger partial charge in [-0.1, -0.05) is 32.0 Å². The SMILES string of the molecule is CCc1ccccc1NC(=O)c1ccc(N2C(=O)[C@H]3CC[C@@H](C)C[C@@H]3C2=O)cc1. The van der Waals surface area contributed by atoms with Crippen molar-refractivity contribution in [3.63, 3.8) is 0 Å². The second kappa shape index (κ2) is 7.82. The van der Waals surface area contributed by atoms with Gasteiger partial charge in [0.2, 0.25) is 11.8 Å². The number of aryl methyl sites for hydroxylation is 1. The van der Waals surface area contributed by atoms with E-state index in [1.54, 1.807) is 24.3 Å². The molecule has 1 saturated carbocycles. The minimum Gasteiger partial charge on any atom is -0.322 e. The minimum absolute atomic E-state index is 0.0963. The van der Waals surface area contributed by atoms with Crippen LogP contribution in [0.15, 0.2) is 48.5 Å². The van der Waals surface area contributed by atoms with Gasteiger partial charge in [-0.3, -0.25) is 19.3 Å². The van der Waals surface area contributed by atoms with Crippen LogP contribution >= 0.6 is 0 Å². The highest BCUT2D eigenvalue weighted by Crippen LogP contribution is 2.42. The molecule has 3 atom stereocenters. The van der Waals surface area contributed by atoms with Gasteiger partial charge in [0.05, 0.1) is 17.5 Å². The summed E-state index contributed by atoms with van der Waals surface area (Å²) in [5.74, 6) is -0.308. The molecule has 2 aromatic carbocycles. The van der Waals surface area contributed by atoms with Crippen molar-refractivity contribution in [2.75, 3.05) is 10.2 Å². The first-order valence-electron chi connectivity index (χ1n) is 10.4. The molecule has 5 heteroatoms. The smallest absolute Gasteiger partial charge is 0.255 e. The number of imide groups is 1. The average Bonchev–Trinajstić information content (AvgIpc) is 2.98.